The predicted octanol–water partition coefficient (Wildman–Crippen LogP) is 4.37. The number of rotatable bonds is 7. The molecule has 2 aromatic heterocycles. The molecule has 1 aliphatic rings. The number of pyridine rings is 1. The van der Waals surface area contributed by atoms with Gasteiger partial charge in [-0.15, -0.1) is 10.2 Å². The number of benzene rings is 2. The minimum Gasteiger partial charge on any atom is -0.328 e. The van der Waals surface area contributed by atoms with Crippen LogP contribution in [0, 0.1) is 11.3 Å². The summed E-state index contributed by atoms with van der Waals surface area (Å²) in [4.78, 5) is 21.2. The zero-order valence-electron chi connectivity index (χ0n) is 19.9. The molecule has 0 amide bonds. The highest BCUT2D eigenvalue weighted by molar-refractivity contribution is 7.99. The molecule has 0 bridgehead atoms. The Balaban J connectivity index is 1.43. The molecule has 2 aromatic carbocycles. The number of hydrogen-bond donors (Lipinski definition) is 0. The summed E-state index contributed by atoms with van der Waals surface area (Å²) in [5.41, 5.74) is 4.00. The Morgan fingerprint density at radius 2 is 1.56 bits per heavy atom. The molecule has 5 rings (SSSR count). The van der Waals surface area contributed by atoms with E-state index in [0.717, 1.165) is 22.5 Å². The van der Waals surface area contributed by atoms with Gasteiger partial charge in [-0.25, -0.2) is 0 Å². The normalized spacial score (nSPS) is 12.4. The third-order valence-electron chi connectivity index (χ3n) is 6.03. The summed E-state index contributed by atoms with van der Waals surface area (Å²) in [6.45, 7) is 0.551. The third kappa shape index (κ3) is 4.34. The molecule has 0 N–H and O–H groups in total. The molecule has 3 heterocycles. The fourth-order valence-corrected chi connectivity index (χ4v) is 5.09. The van der Waals surface area contributed by atoms with Gasteiger partial charge < -0.3 is 9.80 Å². The summed E-state index contributed by atoms with van der Waals surface area (Å²) < 4.78 is 1.99. The van der Waals surface area contributed by atoms with Crippen LogP contribution in [0.3, 0.4) is 0 Å². The quantitative estimate of drug-likeness (QED) is 0.213. The highest BCUT2D eigenvalue weighted by Gasteiger charge is 2.31. The van der Waals surface area contributed by atoms with Gasteiger partial charge in [0.25, 0.3) is 0 Å². The third-order valence-corrected chi connectivity index (χ3v) is 6.99. The number of fused-ring (bicyclic) bond motifs is 1. The van der Waals surface area contributed by atoms with E-state index in [1.165, 1.54) is 11.8 Å². The number of nitriles is 1. The van der Waals surface area contributed by atoms with Crippen LogP contribution in [0.25, 0.3) is 11.4 Å². The van der Waals surface area contributed by atoms with Crippen molar-refractivity contribution >= 4 is 28.9 Å². The summed E-state index contributed by atoms with van der Waals surface area (Å²) in [5.74, 6) is 1.07. The van der Waals surface area contributed by atoms with E-state index >= 15 is 0 Å². The number of para-hydroxylation sites is 2. The fraction of sp³-hybridized carbons (Fsp3) is 0.148. The molecule has 36 heavy (non-hydrogen) atoms. The number of aromatic nitrogens is 4. The number of ketones is 1. The van der Waals surface area contributed by atoms with Gasteiger partial charge in [0.05, 0.1) is 23.7 Å². The number of nitrogens with zero attached hydrogens (tertiary/aromatic N) is 7. The second-order valence-corrected chi connectivity index (χ2v) is 9.19. The van der Waals surface area contributed by atoms with Crippen molar-refractivity contribution in [3.8, 4) is 17.5 Å². The summed E-state index contributed by atoms with van der Waals surface area (Å²) >= 11 is 1.28. The predicted molar refractivity (Wildman–Crippen MR) is 140 cm³/mol. The van der Waals surface area contributed by atoms with Crippen LogP contribution in [-0.2, 0) is 11.3 Å². The van der Waals surface area contributed by atoms with Gasteiger partial charge in [0.15, 0.2) is 16.8 Å². The Bertz CT molecular complexity index is 1440. The van der Waals surface area contributed by atoms with Crippen molar-refractivity contribution in [3.05, 3.63) is 96.1 Å². The lowest BCUT2D eigenvalue weighted by molar-refractivity contribution is -0.112. The number of allylic oxidation sites excluding steroid dienone is 1. The number of hydrogen-bond acceptors (Lipinski definition) is 8. The van der Waals surface area contributed by atoms with E-state index in [-0.39, 0.29) is 17.1 Å². The van der Waals surface area contributed by atoms with E-state index in [1.54, 1.807) is 12.4 Å². The average molecular weight is 494 g/mol. The molecular weight excluding hydrogens is 470 g/mol. The summed E-state index contributed by atoms with van der Waals surface area (Å²) in [5, 5.41) is 19.4. The number of carbonyl (C=O) groups is 1. The van der Waals surface area contributed by atoms with E-state index in [0.29, 0.717) is 23.3 Å². The van der Waals surface area contributed by atoms with E-state index in [4.69, 9.17) is 0 Å². The van der Waals surface area contributed by atoms with Crippen LogP contribution in [0.15, 0.2) is 95.7 Å². The van der Waals surface area contributed by atoms with Gasteiger partial charge in [-0.3, -0.25) is 14.3 Å². The Hall–Kier alpha value is -4.42. The fourth-order valence-electron chi connectivity index (χ4n) is 4.28. The van der Waals surface area contributed by atoms with Crippen LogP contribution in [0.1, 0.15) is 5.56 Å². The van der Waals surface area contributed by atoms with Crippen LogP contribution in [0.4, 0.5) is 11.4 Å². The first kappa shape index (κ1) is 23.3. The summed E-state index contributed by atoms with van der Waals surface area (Å²) in [7, 11) is 3.74. The first-order valence-corrected chi connectivity index (χ1v) is 12.3. The molecule has 0 saturated heterocycles. The van der Waals surface area contributed by atoms with E-state index in [1.807, 2.05) is 95.2 Å². The minimum atomic E-state index is -0.260. The molecule has 178 valence electrons. The highest BCUT2D eigenvalue weighted by atomic mass is 32.2. The van der Waals surface area contributed by atoms with Crippen molar-refractivity contribution in [2.24, 2.45) is 0 Å². The van der Waals surface area contributed by atoms with E-state index in [9.17, 15) is 10.1 Å². The smallest absolute Gasteiger partial charge is 0.192 e. The van der Waals surface area contributed by atoms with Gasteiger partial charge >= 0.3 is 0 Å². The summed E-state index contributed by atoms with van der Waals surface area (Å²) in [6, 6.07) is 23.8. The molecule has 9 heteroatoms. The van der Waals surface area contributed by atoms with Crippen LogP contribution in [-0.4, -0.2) is 45.4 Å². The lowest BCUT2D eigenvalue weighted by Gasteiger charge is -2.19. The molecule has 0 radical (unpaired) electrons. The van der Waals surface area contributed by atoms with Gasteiger partial charge in [-0.1, -0.05) is 54.2 Å². The Labute approximate surface area is 213 Å². The van der Waals surface area contributed by atoms with Gasteiger partial charge in [0.1, 0.15) is 17.5 Å². The van der Waals surface area contributed by atoms with Crippen LogP contribution < -0.4 is 9.80 Å². The summed E-state index contributed by atoms with van der Waals surface area (Å²) in [6.07, 6.45) is 3.43. The number of carbonyl (C=O) groups excluding carboxylic acids is 1. The van der Waals surface area contributed by atoms with Crippen molar-refractivity contribution in [3.63, 3.8) is 0 Å². The lowest BCUT2D eigenvalue weighted by atomic mass is 10.2. The molecule has 4 aromatic rings. The zero-order chi connectivity index (χ0) is 25.1. The lowest BCUT2D eigenvalue weighted by Crippen LogP contribution is -2.26. The Morgan fingerprint density at radius 3 is 2.19 bits per heavy atom. The van der Waals surface area contributed by atoms with Gasteiger partial charge in [0.2, 0.25) is 0 Å². The van der Waals surface area contributed by atoms with Crippen molar-refractivity contribution in [2.45, 2.75) is 11.7 Å². The molecule has 0 fully saturated rings. The maximum Gasteiger partial charge on any atom is 0.192 e. The second kappa shape index (κ2) is 10.1. The Morgan fingerprint density at radius 1 is 0.917 bits per heavy atom. The second-order valence-electron chi connectivity index (χ2n) is 8.24. The molecular formula is C27H23N7OS. The average Bonchev–Trinajstić information content (AvgIpc) is 3.43. The molecule has 8 nitrogen and oxygen atoms in total. The van der Waals surface area contributed by atoms with Crippen molar-refractivity contribution < 1.29 is 4.79 Å². The molecule has 0 unspecified atom stereocenters. The first-order valence-electron chi connectivity index (χ1n) is 11.3. The highest BCUT2D eigenvalue weighted by Crippen LogP contribution is 2.40. The standard InChI is InChI=1S/C27H23N7OS/c1-32-22-10-6-7-11-23(22)33(2)26(32)21(16-28)24(35)18-36-27-31-30-25(20-12-14-29-15-13-20)34(27)17-19-8-4-3-5-9-19/h3-15H,17-18H2,1-2H3. The number of anilines is 2. The molecule has 1 aliphatic heterocycles. The maximum atomic E-state index is 13.3. The van der Waals surface area contributed by atoms with Crippen LogP contribution in [0.5, 0.6) is 0 Å². The van der Waals surface area contributed by atoms with Crippen molar-refractivity contribution in [1.29, 1.82) is 5.26 Å². The Kier molecular flexibility index (Phi) is 6.52. The van der Waals surface area contributed by atoms with Crippen molar-refractivity contribution in [1.82, 2.24) is 19.7 Å². The van der Waals surface area contributed by atoms with Crippen LogP contribution >= 0.6 is 11.8 Å². The van der Waals surface area contributed by atoms with E-state index in [2.05, 4.69) is 21.3 Å². The van der Waals surface area contributed by atoms with Crippen LogP contribution in [0.2, 0.25) is 0 Å². The monoisotopic (exact) mass is 493 g/mol. The molecule has 0 atom stereocenters. The first-order chi connectivity index (χ1) is 17.6. The SMILES string of the molecule is CN1C(=C(C#N)C(=O)CSc2nnc(-c3ccncc3)n2Cc2ccccc2)N(C)c2ccccc21. The molecule has 0 aliphatic carbocycles. The van der Waals surface area contributed by atoms with E-state index < -0.39 is 0 Å². The topological polar surface area (TPSA) is 90.9 Å². The minimum absolute atomic E-state index is 0.0632. The van der Waals surface area contributed by atoms with Gasteiger partial charge in [0, 0.05) is 32.1 Å². The zero-order valence-corrected chi connectivity index (χ0v) is 20.7. The molecule has 0 saturated carbocycles. The van der Waals surface area contributed by atoms with Gasteiger partial charge in [-0.05, 0) is 29.8 Å². The maximum absolute atomic E-state index is 13.3. The molecule has 0 spiro atoms. The largest absolute Gasteiger partial charge is 0.328 e. The number of thioether (sulfide) groups is 1. The number of Topliss-reactive ketones (excluding diaryl/α,β-unsaturated/α-hetero) is 1. The van der Waals surface area contributed by atoms with Crippen molar-refractivity contribution in [2.75, 3.05) is 29.6 Å². The van der Waals surface area contributed by atoms with Gasteiger partial charge in [-0.2, -0.15) is 5.26 Å².